The average molecular weight is 248 g/mol. The van der Waals surface area contributed by atoms with Crippen molar-refractivity contribution in [2.75, 3.05) is 0 Å². The number of hydrogen-bond acceptors (Lipinski definition) is 3. The zero-order chi connectivity index (χ0) is 12.6. The molecule has 2 aromatic rings. The number of nitrogens with one attached hydrogen (secondary N) is 1. The molecule has 2 aromatic heterocycles. The Morgan fingerprint density at radius 2 is 2.00 bits per heavy atom. The lowest BCUT2D eigenvalue weighted by atomic mass is 9.92. The lowest BCUT2D eigenvalue weighted by Gasteiger charge is -2.17. The van der Waals surface area contributed by atoms with Crippen LogP contribution in [0.25, 0.3) is 10.7 Å². The van der Waals surface area contributed by atoms with Crippen molar-refractivity contribution in [2.45, 2.75) is 33.1 Å². The molecule has 0 bridgehead atoms. The van der Waals surface area contributed by atoms with Gasteiger partial charge >= 0.3 is 0 Å². The molecule has 0 radical (unpaired) electrons. The minimum atomic E-state index is -0.116. The molecule has 0 aromatic carbocycles. The zero-order valence-electron chi connectivity index (χ0n) is 10.5. The molecule has 0 saturated heterocycles. The highest BCUT2D eigenvalue weighted by atomic mass is 32.1. The first-order chi connectivity index (χ1) is 7.86. The van der Waals surface area contributed by atoms with Crippen LogP contribution in [0.5, 0.6) is 0 Å². The number of aromatic nitrogens is 2. The predicted molar refractivity (Wildman–Crippen MR) is 71.6 cm³/mol. The maximum atomic E-state index is 11.6. The highest BCUT2D eigenvalue weighted by Gasteiger charge is 2.17. The van der Waals surface area contributed by atoms with Crippen LogP contribution < -0.4 is 5.56 Å². The minimum absolute atomic E-state index is 0.0917. The van der Waals surface area contributed by atoms with Gasteiger partial charge in [0.2, 0.25) is 0 Å². The van der Waals surface area contributed by atoms with Gasteiger partial charge in [0.25, 0.3) is 5.56 Å². The summed E-state index contributed by atoms with van der Waals surface area (Å²) in [5.41, 5.74) is 0.614. The molecule has 0 aliphatic rings. The Morgan fingerprint density at radius 1 is 1.29 bits per heavy atom. The fourth-order valence-electron chi connectivity index (χ4n) is 1.52. The van der Waals surface area contributed by atoms with E-state index >= 15 is 0 Å². The fraction of sp³-hybridized carbons (Fsp3) is 0.385. The lowest BCUT2D eigenvalue weighted by Crippen LogP contribution is -2.19. The molecule has 0 spiro atoms. The van der Waals surface area contributed by atoms with Crippen LogP contribution in [0.2, 0.25) is 0 Å². The summed E-state index contributed by atoms with van der Waals surface area (Å²) in [6.45, 7) is 8.20. The van der Waals surface area contributed by atoms with Gasteiger partial charge in [0.05, 0.1) is 10.6 Å². The largest absolute Gasteiger partial charge is 0.306 e. The van der Waals surface area contributed by atoms with E-state index in [1.54, 1.807) is 17.4 Å². The van der Waals surface area contributed by atoms with E-state index in [4.69, 9.17) is 0 Å². The van der Waals surface area contributed by atoms with E-state index in [0.717, 1.165) is 10.6 Å². The van der Waals surface area contributed by atoms with Crippen LogP contribution in [-0.4, -0.2) is 9.97 Å². The molecular weight excluding hydrogens is 232 g/mol. The van der Waals surface area contributed by atoms with Crippen molar-refractivity contribution < 1.29 is 0 Å². The van der Waals surface area contributed by atoms with Crippen molar-refractivity contribution in [3.63, 3.8) is 0 Å². The highest BCUT2D eigenvalue weighted by Crippen LogP contribution is 2.26. The molecule has 2 rings (SSSR count). The monoisotopic (exact) mass is 248 g/mol. The number of rotatable bonds is 1. The summed E-state index contributed by atoms with van der Waals surface area (Å²) in [6.07, 6.45) is 0. The summed E-state index contributed by atoms with van der Waals surface area (Å²) in [6, 6.07) is 5.60. The molecule has 1 N–H and O–H groups in total. The Hall–Kier alpha value is -1.42. The minimum Gasteiger partial charge on any atom is -0.306 e. The summed E-state index contributed by atoms with van der Waals surface area (Å²) in [5, 5.41) is 0. The number of aryl methyl sites for hydroxylation is 1. The number of H-pyrrole nitrogens is 1. The second-order valence-electron chi connectivity index (χ2n) is 5.14. The third-order valence-corrected chi connectivity index (χ3v) is 3.49. The number of hydrogen-bond donors (Lipinski definition) is 1. The van der Waals surface area contributed by atoms with Gasteiger partial charge in [0, 0.05) is 16.4 Å². The van der Waals surface area contributed by atoms with Gasteiger partial charge in [-0.05, 0) is 19.1 Å². The normalized spacial score (nSPS) is 11.8. The van der Waals surface area contributed by atoms with E-state index in [2.05, 4.69) is 30.7 Å². The fourth-order valence-corrected chi connectivity index (χ4v) is 2.33. The van der Waals surface area contributed by atoms with Gasteiger partial charge in [0.1, 0.15) is 0 Å². The zero-order valence-corrected chi connectivity index (χ0v) is 11.3. The molecule has 0 aliphatic heterocycles. The second kappa shape index (κ2) is 4.11. The molecule has 2 heterocycles. The van der Waals surface area contributed by atoms with Crippen molar-refractivity contribution in [3.05, 3.63) is 39.1 Å². The molecule has 0 amide bonds. The van der Waals surface area contributed by atoms with Gasteiger partial charge in [0.15, 0.2) is 5.82 Å². The van der Waals surface area contributed by atoms with Gasteiger partial charge in [-0.25, -0.2) is 4.98 Å². The predicted octanol–water partition coefficient (Wildman–Crippen LogP) is 3.10. The van der Waals surface area contributed by atoms with Crippen LogP contribution in [0.4, 0.5) is 0 Å². The van der Waals surface area contributed by atoms with Crippen LogP contribution in [-0.2, 0) is 5.41 Å². The van der Waals surface area contributed by atoms with Crippen molar-refractivity contribution in [1.29, 1.82) is 0 Å². The quantitative estimate of drug-likeness (QED) is 0.843. The van der Waals surface area contributed by atoms with Crippen LogP contribution >= 0.6 is 11.3 Å². The maximum Gasteiger partial charge on any atom is 0.251 e. The Bertz CT molecular complexity index is 590. The van der Waals surface area contributed by atoms with Crippen molar-refractivity contribution in [1.82, 2.24) is 9.97 Å². The highest BCUT2D eigenvalue weighted by molar-refractivity contribution is 7.15. The van der Waals surface area contributed by atoms with Crippen LogP contribution in [0.3, 0.4) is 0 Å². The van der Waals surface area contributed by atoms with E-state index in [0.29, 0.717) is 5.82 Å². The summed E-state index contributed by atoms with van der Waals surface area (Å²) < 4.78 is 0. The van der Waals surface area contributed by atoms with E-state index < -0.39 is 0 Å². The molecule has 0 aliphatic carbocycles. The second-order valence-corrected chi connectivity index (χ2v) is 6.43. The number of nitrogens with zero attached hydrogens (tertiary/aromatic N) is 1. The smallest absolute Gasteiger partial charge is 0.251 e. The lowest BCUT2D eigenvalue weighted by molar-refractivity contribution is 0.566. The van der Waals surface area contributed by atoms with Gasteiger partial charge in [-0.15, -0.1) is 11.3 Å². The summed E-state index contributed by atoms with van der Waals surface area (Å²) in [7, 11) is 0. The average Bonchev–Trinajstić information content (AvgIpc) is 2.62. The molecule has 3 nitrogen and oxygen atoms in total. The molecule has 4 heteroatoms. The van der Waals surface area contributed by atoms with Crippen molar-refractivity contribution in [3.8, 4) is 10.7 Å². The van der Waals surface area contributed by atoms with E-state index in [1.165, 1.54) is 4.88 Å². The molecule has 90 valence electrons. The number of thiophene rings is 1. The first-order valence-electron chi connectivity index (χ1n) is 5.55. The summed E-state index contributed by atoms with van der Waals surface area (Å²) >= 11 is 1.64. The standard InChI is InChI=1S/C13H16N2OS/c1-8-5-6-9(17-8)12-14-10(13(2,3)4)7-11(16)15-12/h5-7H,1-4H3,(H,14,15,16). The van der Waals surface area contributed by atoms with E-state index in [-0.39, 0.29) is 11.0 Å². The molecular formula is C13H16N2OS. The van der Waals surface area contributed by atoms with Crippen LogP contribution in [0.1, 0.15) is 31.3 Å². The Morgan fingerprint density at radius 3 is 2.53 bits per heavy atom. The third-order valence-electron chi connectivity index (χ3n) is 2.48. The Labute approximate surface area is 105 Å². The third kappa shape index (κ3) is 2.64. The molecule has 0 fully saturated rings. The van der Waals surface area contributed by atoms with Gasteiger partial charge in [-0.3, -0.25) is 4.79 Å². The Kier molecular flexibility index (Phi) is 2.91. The molecule has 17 heavy (non-hydrogen) atoms. The van der Waals surface area contributed by atoms with Gasteiger partial charge in [-0.2, -0.15) is 0 Å². The summed E-state index contributed by atoms with van der Waals surface area (Å²) in [4.78, 5) is 21.2. The van der Waals surface area contributed by atoms with Crippen molar-refractivity contribution in [2.24, 2.45) is 0 Å². The Balaban J connectivity index is 2.57. The van der Waals surface area contributed by atoms with E-state index in [9.17, 15) is 4.79 Å². The van der Waals surface area contributed by atoms with Crippen molar-refractivity contribution >= 4 is 11.3 Å². The maximum absolute atomic E-state index is 11.6. The first-order valence-corrected chi connectivity index (χ1v) is 6.36. The van der Waals surface area contributed by atoms with E-state index in [1.807, 2.05) is 19.1 Å². The topological polar surface area (TPSA) is 45.8 Å². The van der Waals surface area contributed by atoms with Gasteiger partial charge < -0.3 is 4.98 Å². The van der Waals surface area contributed by atoms with Crippen LogP contribution in [0, 0.1) is 6.92 Å². The SMILES string of the molecule is Cc1ccc(-c2nc(C(C)(C)C)cc(=O)[nH]2)s1. The van der Waals surface area contributed by atoms with Gasteiger partial charge in [-0.1, -0.05) is 20.8 Å². The first kappa shape index (κ1) is 12.0. The molecule has 0 atom stereocenters. The molecule has 0 saturated carbocycles. The summed E-state index contributed by atoms with van der Waals surface area (Å²) in [5.74, 6) is 0.667. The van der Waals surface area contributed by atoms with Crippen LogP contribution in [0.15, 0.2) is 23.0 Å². The molecule has 0 unspecified atom stereocenters. The number of aromatic amines is 1.